The van der Waals surface area contributed by atoms with Gasteiger partial charge < -0.3 is 15.1 Å². The molecule has 0 radical (unpaired) electrons. The summed E-state index contributed by atoms with van der Waals surface area (Å²) < 4.78 is 0. The summed E-state index contributed by atoms with van der Waals surface area (Å²) in [5.74, 6) is 0.231. The van der Waals surface area contributed by atoms with Crippen LogP contribution in [0.15, 0.2) is 30.3 Å². The summed E-state index contributed by atoms with van der Waals surface area (Å²) >= 11 is 0. The van der Waals surface area contributed by atoms with Gasteiger partial charge in [0, 0.05) is 37.8 Å². The smallest absolute Gasteiger partial charge is 0.253 e. The molecule has 5 nitrogen and oxygen atoms in total. The molecule has 0 aromatic heterocycles. The van der Waals surface area contributed by atoms with Crippen LogP contribution >= 0.6 is 0 Å². The second-order valence-corrected chi connectivity index (χ2v) is 6.84. The van der Waals surface area contributed by atoms with Gasteiger partial charge in [-0.05, 0) is 44.9 Å². The number of nitrogens with one attached hydrogen (secondary N) is 1. The number of carbonyl (C=O) groups is 2. The fourth-order valence-corrected chi connectivity index (χ4v) is 3.77. The number of benzene rings is 1. The third kappa shape index (κ3) is 3.78. The van der Waals surface area contributed by atoms with E-state index in [9.17, 15) is 9.59 Å². The van der Waals surface area contributed by atoms with Crippen molar-refractivity contribution in [1.29, 1.82) is 0 Å². The molecule has 3 rings (SSSR count). The summed E-state index contributed by atoms with van der Waals surface area (Å²) in [5, 5.41) is 3.29. The maximum atomic E-state index is 12.8. The summed E-state index contributed by atoms with van der Waals surface area (Å²) in [5.41, 5.74) is 0.709. The van der Waals surface area contributed by atoms with E-state index in [2.05, 4.69) is 5.32 Å². The minimum absolute atomic E-state index is 0.0435. The van der Waals surface area contributed by atoms with Crippen molar-refractivity contribution in [2.75, 3.05) is 33.2 Å². The van der Waals surface area contributed by atoms with Crippen LogP contribution in [0.25, 0.3) is 0 Å². The van der Waals surface area contributed by atoms with Gasteiger partial charge in [0.05, 0.1) is 5.92 Å². The maximum absolute atomic E-state index is 12.8. The highest BCUT2D eigenvalue weighted by Gasteiger charge is 2.32. The number of nitrogens with zero attached hydrogens (tertiary/aromatic N) is 2. The summed E-state index contributed by atoms with van der Waals surface area (Å²) in [6.07, 6.45) is 3.83. The Bertz CT molecular complexity index is 567. The summed E-state index contributed by atoms with van der Waals surface area (Å²) in [7, 11) is 1.98. The monoisotopic (exact) mass is 329 g/mol. The number of hydrogen-bond acceptors (Lipinski definition) is 3. The van der Waals surface area contributed by atoms with Crippen LogP contribution in [0.5, 0.6) is 0 Å². The van der Waals surface area contributed by atoms with Gasteiger partial charge in [-0.25, -0.2) is 0 Å². The topological polar surface area (TPSA) is 52.7 Å². The molecule has 0 spiro atoms. The number of likely N-dealkylation sites (tertiary alicyclic amines) is 2. The van der Waals surface area contributed by atoms with Gasteiger partial charge in [-0.1, -0.05) is 18.2 Å². The van der Waals surface area contributed by atoms with Gasteiger partial charge in [0.15, 0.2) is 0 Å². The molecule has 2 fully saturated rings. The fraction of sp³-hybridized carbons (Fsp3) is 0.579. The molecule has 2 heterocycles. The summed E-state index contributed by atoms with van der Waals surface area (Å²) in [6, 6.07) is 9.88. The van der Waals surface area contributed by atoms with Crippen molar-refractivity contribution in [2.45, 2.75) is 31.7 Å². The van der Waals surface area contributed by atoms with Crippen LogP contribution in [-0.4, -0.2) is 60.9 Å². The molecule has 0 aliphatic carbocycles. The van der Waals surface area contributed by atoms with Crippen molar-refractivity contribution in [3.05, 3.63) is 35.9 Å². The highest BCUT2D eigenvalue weighted by atomic mass is 16.2. The SMILES string of the molecule is CNC1CCN(C(=O)C2CCCN(C(=O)c3ccccc3)C2)CC1. The predicted octanol–water partition coefficient (Wildman–Crippen LogP) is 1.75. The van der Waals surface area contributed by atoms with Gasteiger partial charge in [-0.15, -0.1) is 0 Å². The average Bonchev–Trinajstić information content (AvgIpc) is 2.67. The van der Waals surface area contributed by atoms with E-state index in [1.165, 1.54) is 0 Å². The molecular formula is C19H27N3O2. The van der Waals surface area contributed by atoms with Gasteiger partial charge in [-0.2, -0.15) is 0 Å². The van der Waals surface area contributed by atoms with Crippen LogP contribution in [0.4, 0.5) is 0 Å². The van der Waals surface area contributed by atoms with E-state index in [1.807, 2.05) is 47.2 Å². The van der Waals surface area contributed by atoms with Crippen LogP contribution in [0.3, 0.4) is 0 Å². The number of piperidine rings is 2. The normalized spacial score (nSPS) is 22.5. The molecule has 1 unspecified atom stereocenters. The lowest BCUT2D eigenvalue weighted by Gasteiger charge is -2.37. The van der Waals surface area contributed by atoms with Gasteiger partial charge in [0.1, 0.15) is 0 Å². The molecule has 1 aromatic carbocycles. The zero-order valence-electron chi connectivity index (χ0n) is 14.4. The number of hydrogen-bond donors (Lipinski definition) is 1. The minimum atomic E-state index is -0.0439. The molecule has 130 valence electrons. The number of amides is 2. The largest absolute Gasteiger partial charge is 0.342 e. The van der Waals surface area contributed by atoms with Crippen LogP contribution in [0.1, 0.15) is 36.0 Å². The Morgan fingerprint density at radius 2 is 1.71 bits per heavy atom. The molecule has 1 N–H and O–H groups in total. The summed E-state index contributed by atoms with van der Waals surface area (Å²) in [6.45, 7) is 2.96. The van der Waals surface area contributed by atoms with E-state index in [1.54, 1.807) is 0 Å². The second kappa shape index (κ2) is 7.79. The van der Waals surface area contributed by atoms with E-state index in [4.69, 9.17) is 0 Å². The Balaban J connectivity index is 1.59. The maximum Gasteiger partial charge on any atom is 0.253 e. The minimum Gasteiger partial charge on any atom is -0.342 e. The molecule has 2 aliphatic rings. The first-order valence-electron chi connectivity index (χ1n) is 8.99. The van der Waals surface area contributed by atoms with Gasteiger partial charge in [0.2, 0.25) is 5.91 Å². The Morgan fingerprint density at radius 1 is 1.00 bits per heavy atom. The van der Waals surface area contributed by atoms with Crippen molar-refractivity contribution < 1.29 is 9.59 Å². The molecule has 2 saturated heterocycles. The highest BCUT2D eigenvalue weighted by molar-refractivity contribution is 5.94. The van der Waals surface area contributed by atoms with Crippen molar-refractivity contribution in [3.63, 3.8) is 0 Å². The molecule has 2 amide bonds. The second-order valence-electron chi connectivity index (χ2n) is 6.84. The molecule has 1 aromatic rings. The van der Waals surface area contributed by atoms with Gasteiger partial charge >= 0.3 is 0 Å². The molecule has 24 heavy (non-hydrogen) atoms. The molecule has 1 atom stereocenters. The lowest BCUT2D eigenvalue weighted by Crippen LogP contribution is -2.50. The Hall–Kier alpha value is -1.88. The predicted molar refractivity (Wildman–Crippen MR) is 93.7 cm³/mol. The van der Waals surface area contributed by atoms with Crippen LogP contribution < -0.4 is 5.32 Å². The lowest BCUT2D eigenvalue weighted by atomic mass is 9.94. The highest BCUT2D eigenvalue weighted by Crippen LogP contribution is 2.22. The lowest BCUT2D eigenvalue weighted by molar-refractivity contribution is -0.138. The third-order valence-electron chi connectivity index (χ3n) is 5.29. The first kappa shape index (κ1) is 17.0. The van der Waals surface area contributed by atoms with E-state index in [0.717, 1.165) is 45.3 Å². The van der Waals surface area contributed by atoms with Crippen LogP contribution in [-0.2, 0) is 4.79 Å². The zero-order valence-corrected chi connectivity index (χ0v) is 14.4. The van der Waals surface area contributed by atoms with E-state index in [0.29, 0.717) is 18.2 Å². The molecule has 0 saturated carbocycles. The van der Waals surface area contributed by atoms with E-state index >= 15 is 0 Å². The first-order chi connectivity index (χ1) is 11.7. The molecular weight excluding hydrogens is 302 g/mol. The van der Waals surface area contributed by atoms with Gasteiger partial charge in [-0.3, -0.25) is 9.59 Å². The standard InChI is InChI=1S/C19H27N3O2/c1-20-17-9-12-21(13-10-17)19(24)16-8-5-11-22(14-16)18(23)15-6-3-2-4-7-15/h2-4,6-7,16-17,20H,5,8-14H2,1H3. The quantitative estimate of drug-likeness (QED) is 0.919. The fourth-order valence-electron chi connectivity index (χ4n) is 3.77. The average molecular weight is 329 g/mol. The van der Waals surface area contributed by atoms with Crippen LogP contribution in [0, 0.1) is 5.92 Å². The van der Waals surface area contributed by atoms with Crippen molar-refractivity contribution in [2.24, 2.45) is 5.92 Å². The number of rotatable bonds is 3. The Morgan fingerprint density at radius 3 is 2.38 bits per heavy atom. The summed E-state index contributed by atoms with van der Waals surface area (Å²) in [4.78, 5) is 29.3. The van der Waals surface area contributed by atoms with E-state index in [-0.39, 0.29) is 17.7 Å². The van der Waals surface area contributed by atoms with Gasteiger partial charge in [0.25, 0.3) is 5.91 Å². The number of carbonyl (C=O) groups excluding carboxylic acids is 2. The first-order valence-corrected chi connectivity index (χ1v) is 8.99. The molecule has 2 aliphatic heterocycles. The Kier molecular flexibility index (Phi) is 5.51. The van der Waals surface area contributed by atoms with Crippen molar-refractivity contribution in [3.8, 4) is 0 Å². The van der Waals surface area contributed by atoms with E-state index < -0.39 is 0 Å². The molecule has 0 bridgehead atoms. The van der Waals surface area contributed by atoms with Crippen LogP contribution in [0.2, 0.25) is 0 Å². The Labute approximate surface area is 144 Å². The van der Waals surface area contributed by atoms with Crippen molar-refractivity contribution in [1.82, 2.24) is 15.1 Å². The third-order valence-corrected chi connectivity index (χ3v) is 5.29. The van der Waals surface area contributed by atoms with Crippen molar-refractivity contribution >= 4 is 11.8 Å². The molecule has 5 heteroatoms. The zero-order chi connectivity index (χ0) is 16.9.